The Hall–Kier alpha value is -1.02. The van der Waals surface area contributed by atoms with Gasteiger partial charge in [0, 0.05) is 11.2 Å². The predicted octanol–water partition coefficient (Wildman–Crippen LogP) is 5.35. The Labute approximate surface area is 151 Å². The summed E-state index contributed by atoms with van der Waals surface area (Å²) in [6.07, 6.45) is 7.92. The summed E-state index contributed by atoms with van der Waals surface area (Å²) in [6, 6.07) is 6.45. The molecule has 3 aliphatic carbocycles. The first kappa shape index (κ1) is 13.2. The number of hydrogen-bond donors (Lipinski definition) is 0. The molecule has 0 unspecified atom stereocenters. The first-order valence-electron chi connectivity index (χ1n) is 11.1. The van der Waals surface area contributed by atoms with Crippen LogP contribution < -0.4 is 4.74 Å². The number of ether oxygens (including phenoxy) is 2. The van der Waals surface area contributed by atoms with E-state index in [0.29, 0.717) is 17.4 Å². The molecule has 0 heterocycles. The third-order valence-corrected chi connectivity index (χ3v) is 7.27. The third kappa shape index (κ3) is 2.49. The van der Waals surface area contributed by atoms with Crippen LogP contribution in [0.2, 0.25) is 0 Å². The fraction of sp³-hybridized carbons (Fsp3) is 0.727. The number of aryl methyl sites for hydroxylation is 1. The van der Waals surface area contributed by atoms with Crippen LogP contribution in [-0.2, 0) is 11.2 Å². The first-order valence-corrected chi connectivity index (χ1v) is 9.60. The van der Waals surface area contributed by atoms with Crippen molar-refractivity contribution in [1.82, 2.24) is 0 Å². The number of methoxy groups -OCH3 is 1. The lowest BCUT2D eigenvalue weighted by Crippen LogP contribution is -2.44. The smallest absolute Gasteiger partial charge is 0.119 e. The monoisotopic (exact) mass is 331 g/mol. The van der Waals surface area contributed by atoms with Crippen molar-refractivity contribution in [3.63, 3.8) is 0 Å². The van der Waals surface area contributed by atoms with Gasteiger partial charge in [-0.15, -0.1) is 0 Å². The van der Waals surface area contributed by atoms with Crippen LogP contribution in [0.5, 0.6) is 5.75 Å². The molecule has 2 nitrogen and oxygen atoms in total. The van der Waals surface area contributed by atoms with E-state index in [1.54, 1.807) is 0 Å². The Balaban J connectivity index is 1.49. The molecule has 1 aromatic carbocycles. The minimum Gasteiger partial charge on any atom is -0.494 e. The minimum absolute atomic E-state index is 0.0930. The van der Waals surface area contributed by atoms with Crippen molar-refractivity contribution in [2.24, 2.45) is 17.3 Å². The highest BCUT2D eigenvalue weighted by atomic mass is 16.5. The molecule has 5 atom stereocenters. The maximum atomic E-state index is 7.30. The fourth-order valence-corrected chi connectivity index (χ4v) is 6.16. The van der Waals surface area contributed by atoms with Crippen molar-refractivity contribution in [2.75, 3.05) is 13.7 Å². The molecule has 0 spiro atoms. The van der Waals surface area contributed by atoms with E-state index >= 15 is 0 Å². The van der Waals surface area contributed by atoms with Gasteiger partial charge >= 0.3 is 0 Å². The Kier molecular flexibility index (Phi) is 3.51. The summed E-state index contributed by atoms with van der Waals surface area (Å²) in [5, 5.41) is 0. The molecule has 2 saturated carbocycles. The van der Waals surface area contributed by atoms with Crippen LogP contribution in [-0.4, -0.2) is 19.8 Å². The summed E-state index contributed by atoms with van der Waals surface area (Å²) in [6.45, 7) is 0.796. The van der Waals surface area contributed by atoms with Gasteiger partial charge in [-0.1, -0.05) is 19.8 Å². The molecule has 0 aromatic heterocycles. The molecule has 0 bridgehead atoms. The van der Waals surface area contributed by atoms with Gasteiger partial charge in [0.1, 0.15) is 5.75 Å². The van der Waals surface area contributed by atoms with Crippen molar-refractivity contribution >= 4 is 0 Å². The molecule has 2 fully saturated rings. The summed E-state index contributed by atoms with van der Waals surface area (Å²) < 4.78 is 33.5. The number of rotatable bonds is 4. The lowest BCUT2D eigenvalue weighted by molar-refractivity contribution is -0.0444. The second kappa shape index (κ2) is 6.37. The van der Waals surface area contributed by atoms with Crippen LogP contribution in [0.15, 0.2) is 18.2 Å². The standard InChI is InChI=1S/C22H32O2/c1-4-13-24-16-6-8-17-15(14-16)5-7-19-18(17)11-12-22(2)20(19)9-10-21(22)23-3/h6,8,14,18-21H,4-5,7,9-13H2,1-3H3/t18-,19-,20+,21-,22+/m1/s1/i1D3. The van der Waals surface area contributed by atoms with Gasteiger partial charge in [0.25, 0.3) is 0 Å². The van der Waals surface area contributed by atoms with Crippen LogP contribution in [0.1, 0.15) is 73.5 Å². The van der Waals surface area contributed by atoms with Crippen molar-refractivity contribution in [3.8, 4) is 5.75 Å². The highest BCUT2D eigenvalue weighted by molar-refractivity contribution is 5.40. The molecule has 24 heavy (non-hydrogen) atoms. The normalized spacial score (nSPS) is 39.8. The Bertz CT molecular complexity index is 687. The van der Waals surface area contributed by atoms with E-state index in [4.69, 9.17) is 13.6 Å². The van der Waals surface area contributed by atoms with Crippen molar-refractivity contribution in [1.29, 1.82) is 0 Å². The average Bonchev–Trinajstić information content (AvgIpc) is 2.96. The fourth-order valence-electron chi connectivity index (χ4n) is 6.16. The van der Waals surface area contributed by atoms with E-state index in [1.807, 2.05) is 13.2 Å². The summed E-state index contributed by atoms with van der Waals surface area (Å²) in [5.74, 6) is 3.04. The Morgan fingerprint density at radius 3 is 3.00 bits per heavy atom. The number of benzene rings is 1. The lowest BCUT2D eigenvalue weighted by Gasteiger charge is -2.50. The highest BCUT2D eigenvalue weighted by Crippen LogP contribution is 2.61. The summed E-state index contributed by atoms with van der Waals surface area (Å²) in [4.78, 5) is 0. The molecular formula is C22H32O2. The van der Waals surface area contributed by atoms with Crippen LogP contribution >= 0.6 is 0 Å². The Morgan fingerprint density at radius 1 is 1.25 bits per heavy atom. The molecule has 0 saturated heterocycles. The maximum Gasteiger partial charge on any atom is 0.119 e. The van der Waals surface area contributed by atoms with E-state index in [9.17, 15) is 0 Å². The highest BCUT2D eigenvalue weighted by Gasteiger charge is 2.54. The Morgan fingerprint density at radius 2 is 2.17 bits per heavy atom. The van der Waals surface area contributed by atoms with E-state index in [0.717, 1.165) is 24.0 Å². The second-order valence-electron chi connectivity index (χ2n) is 8.22. The van der Waals surface area contributed by atoms with Gasteiger partial charge in [0.2, 0.25) is 0 Å². The predicted molar refractivity (Wildman–Crippen MR) is 97.6 cm³/mol. The first-order chi connectivity index (χ1) is 12.8. The summed E-state index contributed by atoms with van der Waals surface area (Å²) in [7, 11) is 1.88. The van der Waals surface area contributed by atoms with Gasteiger partial charge in [-0.05, 0) is 91.4 Å². The van der Waals surface area contributed by atoms with Crippen molar-refractivity contribution in [3.05, 3.63) is 29.3 Å². The molecule has 132 valence electrons. The van der Waals surface area contributed by atoms with Crippen molar-refractivity contribution in [2.45, 2.75) is 70.7 Å². The minimum atomic E-state index is -1.92. The van der Waals surface area contributed by atoms with E-state index in [2.05, 4.69) is 19.1 Å². The van der Waals surface area contributed by atoms with Crippen LogP contribution in [0.25, 0.3) is 0 Å². The van der Waals surface area contributed by atoms with Gasteiger partial charge < -0.3 is 9.47 Å². The molecule has 0 aliphatic heterocycles. The zero-order valence-corrected chi connectivity index (χ0v) is 15.0. The van der Waals surface area contributed by atoms with Gasteiger partial charge in [-0.3, -0.25) is 0 Å². The molecule has 0 radical (unpaired) electrons. The molecule has 0 amide bonds. The van der Waals surface area contributed by atoms with E-state index < -0.39 is 6.85 Å². The zero-order valence-electron chi connectivity index (χ0n) is 18.0. The lowest BCUT2D eigenvalue weighted by atomic mass is 9.55. The topological polar surface area (TPSA) is 18.5 Å². The van der Waals surface area contributed by atoms with Crippen molar-refractivity contribution < 1.29 is 13.6 Å². The molecule has 0 N–H and O–H groups in total. The number of fused-ring (bicyclic) bond motifs is 5. The molecule has 1 aromatic rings. The largest absolute Gasteiger partial charge is 0.494 e. The molecule has 2 heteroatoms. The molecule has 4 rings (SSSR count). The average molecular weight is 332 g/mol. The van der Waals surface area contributed by atoms with Gasteiger partial charge in [0.15, 0.2) is 0 Å². The molecule has 3 aliphatic rings. The quantitative estimate of drug-likeness (QED) is 0.741. The van der Waals surface area contributed by atoms with Crippen LogP contribution in [0, 0.1) is 17.3 Å². The van der Waals surface area contributed by atoms with Crippen LogP contribution in [0.3, 0.4) is 0 Å². The SMILES string of the molecule is [2H]C([2H])([2H])CCOc1ccc2c(c1)CC[C@@H]1[C@@H]2CC[C@]2(C)[C@H](OC)CC[C@@H]12. The number of hydrogen-bond acceptors (Lipinski definition) is 2. The van der Waals surface area contributed by atoms with E-state index in [1.165, 1.54) is 43.2 Å². The zero-order chi connectivity index (χ0) is 19.2. The maximum absolute atomic E-state index is 7.30. The van der Waals surface area contributed by atoms with Gasteiger partial charge in [0.05, 0.1) is 12.7 Å². The van der Waals surface area contributed by atoms with E-state index in [-0.39, 0.29) is 13.0 Å². The summed E-state index contributed by atoms with van der Waals surface area (Å²) >= 11 is 0. The third-order valence-electron chi connectivity index (χ3n) is 7.27. The van der Waals surface area contributed by atoms with Gasteiger partial charge in [-0.25, -0.2) is 0 Å². The van der Waals surface area contributed by atoms with Gasteiger partial charge in [-0.2, -0.15) is 0 Å². The second-order valence-corrected chi connectivity index (χ2v) is 8.22. The summed E-state index contributed by atoms with van der Waals surface area (Å²) in [5.41, 5.74) is 3.27. The molecular weight excluding hydrogens is 296 g/mol. The van der Waals surface area contributed by atoms with Crippen LogP contribution in [0.4, 0.5) is 0 Å².